The Bertz CT molecular complexity index is 762. The highest BCUT2D eigenvalue weighted by Crippen LogP contribution is 2.31. The Labute approximate surface area is 180 Å². The molecular weight excluding hydrogens is 380 g/mol. The number of benzene rings is 1. The predicted octanol–water partition coefficient (Wildman–Crippen LogP) is 3.59. The van der Waals surface area contributed by atoms with E-state index in [0.29, 0.717) is 13.1 Å². The topological polar surface area (TPSA) is 73.9 Å². The average molecular weight is 417 g/mol. The van der Waals surface area contributed by atoms with E-state index in [1.54, 1.807) is 0 Å². The Balaban J connectivity index is 1.82. The van der Waals surface area contributed by atoms with Crippen molar-refractivity contribution in [2.75, 3.05) is 37.5 Å². The number of rotatable bonds is 7. The van der Waals surface area contributed by atoms with Gasteiger partial charge < -0.3 is 25.2 Å². The molecule has 0 radical (unpaired) electrons. The first kappa shape index (κ1) is 22.4. The molecule has 3 rings (SSSR count). The number of urea groups is 1. The molecule has 1 unspecified atom stereocenters. The summed E-state index contributed by atoms with van der Waals surface area (Å²) in [4.78, 5) is 29.1. The molecule has 3 amide bonds. The second-order valence-electron chi connectivity index (χ2n) is 9.70. The molecule has 2 aliphatic rings. The summed E-state index contributed by atoms with van der Waals surface area (Å²) >= 11 is 0. The highest BCUT2D eigenvalue weighted by molar-refractivity contribution is 5.94. The predicted molar refractivity (Wildman–Crippen MR) is 120 cm³/mol. The molecule has 7 nitrogen and oxygen atoms in total. The van der Waals surface area contributed by atoms with Crippen molar-refractivity contribution in [3.8, 4) is 0 Å². The third-order valence-corrected chi connectivity index (χ3v) is 5.36. The minimum atomic E-state index is -0.323. The third-order valence-electron chi connectivity index (χ3n) is 5.36. The lowest BCUT2D eigenvalue weighted by Crippen LogP contribution is -2.50. The van der Waals surface area contributed by atoms with Crippen LogP contribution in [0.4, 0.5) is 16.2 Å². The smallest absolute Gasteiger partial charge is 0.318 e. The van der Waals surface area contributed by atoms with Gasteiger partial charge in [0, 0.05) is 56.6 Å². The van der Waals surface area contributed by atoms with Gasteiger partial charge in [0.1, 0.15) is 0 Å². The molecule has 1 aliphatic heterocycles. The van der Waals surface area contributed by atoms with Gasteiger partial charge in [-0.3, -0.25) is 4.79 Å². The molecule has 1 saturated carbocycles. The number of hydrogen-bond acceptors (Lipinski definition) is 4. The van der Waals surface area contributed by atoms with Crippen LogP contribution in [0.25, 0.3) is 0 Å². The molecule has 2 fully saturated rings. The fraction of sp³-hybridized carbons (Fsp3) is 0.652. The summed E-state index contributed by atoms with van der Waals surface area (Å²) in [6.07, 6.45) is 4.01. The van der Waals surface area contributed by atoms with Crippen LogP contribution in [-0.2, 0) is 16.1 Å². The number of amides is 3. The van der Waals surface area contributed by atoms with Gasteiger partial charge in [0.25, 0.3) is 0 Å². The summed E-state index contributed by atoms with van der Waals surface area (Å²) in [6, 6.07) is 5.82. The van der Waals surface area contributed by atoms with Crippen molar-refractivity contribution >= 4 is 23.3 Å². The molecule has 1 aromatic rings. The van der Waals surface area contributed by atoms with E-state index in [-0.39, 0.29) is 29.5 Å². The lowest BCUT2D eigenvalue weighted by Gasteiger charge is -2.31. The monoisotopic (exact) mass is 416 g/mol. The van der Waals surface area contributed by atoms with Crippen LogP contribution in [-0.4, -0.2) is 55.7 Å². The highest BCUT2D eigenvalue weighted by atomic mass is 16.5. The fourth-order valence-corrected chi connectivity index (χ4v) is 3.67. The van der Waals surface area contributed by atoms with Crippen LogP contribution in [0, 0.1) is 5.92 Å². The molecule has 1 heterocycles. The van der Waals surface area contributed by atoms with Gasteiger partial charge in [-0.1, -0.05) is 0 Å². The van der Waals surface area contributed by atoms with E-state index in [2.05, 4.69) is 10.6 Å². The van der Waals surface area contributed by atoms with E-state index in [1.165, 1.54) is 0 Å². The molecule has 0 aromatic heterocycles. The van der Waals surface area contributed by atoms with E-state index in [1.807, 2.05) is 62.9 Å². The second kappa shape index (κ2) is 9.25. The normalized spacial score (nSPS) is 18.8. The van der Waals surface area contributed by atoms with Crippen molar-refractivity contribution < 1.29 is 14.3 Å². The lowest BCUT2D eigenvalue weighted by atomic mass is 10.1. The summed E-state index contributed by atoms with van der Waals surface area (Å²) in [6.45, 7) is 7.69. The van der Waals surface area contributed by atoms with Crippen LogP contribution in [0.3, 0.4) is 0 Å². The van der Waals surface area contributed by atoms with Crippen molar-refractivity contribution in [3.05, 3.63) is 23.8 Å². The number of nitrogens with one attached hydrogen (secondary N) is 2. The van der Waals surface area contributed by atoms with E-state index in [9.17, 15) is 9.59 Å². The molecular formula is C23H36N4O3. The highest BCUT2D eigenvalue weighted by Gasteiger charge is 2.30. The molecule has 30 heavy (non-hydrogen) atoms. The van der Waals surface area contributed by atoms with E-state index < -0.39 is 0 Å². The van der Waals surface area contributed by atoms with E-state index in [4.69, 9.17) is 4.74 Å². The van der Waals surface area contributed by atoms with Gasteiger partial charge in [-0.2, -0.15) is 0 Å². The largest absolute Gasteiger partial charge is 0.377 e. The zero-order valence-corrected chi connectivity index (χ0v) is 19.0. The number of anilines is 2. The Hall–Kier alpha value is -2.28. The molecule has 166 valence electrons. The number of nitrogens with zero attached hydrogens (tertiary/aromatic N) is 2. The van der Waals surface area contributed by atoms with E-state index >= 15 is 0 Å². The van der Waals surface area contributed by atoms with Gasteiger partial charge in [0.05, 0.1) is 6.10 Å². The molecule has 1 aliphatic carbocycles. The Morgan fingerprint density at radius 3 is 2.47 bits per heavy atom. The van der Waals surface area contributed by atoms with Crippen molar-refractivity contribution in [1.29, 1.82) is 0 Å². The number of ether oxygens (including phenoxy) is 1. The maximum absolute atomic E-state index is 13.1. The van der Waals surface area contributed by atoms with Crippen LogP contribution < -0.4 is 15.5 Å². The summed E-state index contributed by atoms with van der Waals surface area (Å²) < 4.78 is 5.80. The summed E-state index contributed by atoms with van der Waals surface area (Å²) in [5.74, 6) is 0.232. The molecule has 0 spiro atoms. The minimum Gasteiger partial charge on any atom is -0.377 e. The Morgan fingerprint density at radius 2 is 1.90 bits per heavy atom. The molecule has 7 heteroatoms. The first-order valence-electron chi connectivity index (χ1n) is 10.9. The summed E-state index contributed by atoms with van der Waals surface area (Å²) in [7, 11) is 3.97. The van der Waals surface area contributed by atoms with Crippen LogP contribution in [0.2, 0.25) is 0 Å². The quantitative estimate of drug-likeness (QED) is 0.712. The maximum Gasteiger partial charge on any atom is 0.318 e. The third kappa shape index (κ3) is 6.36. The molecule has 2 N–H and O–H groups in total. The van der Waals surface area contributed by atoms with Gasteiger partial charge in [-0.05, 0) is 70.2 Å². The average Bonchev–Trinajstić information content (AvgIpc) is 3.37. The van der Waals surface area contributed by atoms with E-state index in [0.717, 1.165) is 49.2 Å². The summed E-state index contributed by atoms with van der Waals surface area (Å²) in [5, 5.41) is 6.10. The fourth-order valence-electron chi connectivity index (χ4n) is 3.67. The van der Waals surface area contributed by atoms with Crippen molar-refractivity contribution in [3.63, 3.8) is 0 Å². The second-order valence-corrected chi connectivity index (χ2v) is 9.70. The molecule has 1 atom stereocenters. The van der Waals surface area contributed by atoms with Gasteiger partial charge in [0.15, 0.2) is 0 Å². The van der Waals surface area contributed by atoms with Crippen molar-refractivity contribution in [1.82, 2.24) is 10.2 Å². The summed E-state index contributed by atoms with van der Waals surface area (Å²) in [5.41, 5.74) is 2.48. The van der Waals surface area contributed by atoms with Crippen LogP contribution in [0.1, 0.15) is 52.0 Å². The van der Waals surface area contributed by atoms with Crippen LogP contribution in [0.15, 0.2) is 18.2 Å². The minimum absolute atomic E-state index is 0.0660. The maximum atomic E-state index is 13.1. The van der Waals surface area contributed by atoms with Gasteiger partial charge in [0.2, 0.25) is 5.91 Å². The first-order chi connectivity index (χ1) is 14.1. The molecule has 1 aromatic carbocycles. The molecule has 1 saturated heterocycles. The van der Waals surface area contributed by atoms with Crippen molar-refractivity contribution in [2.24, 2.45) is 5.92 Å². The molecule has 0 bridgehead atoms. The van der Waals surface area contributed by atoms with Crippen molar-refractivity contribution in [2.45, 2.75) is 64.6 Å². The van der Waals surface area contributed by atoms with Gasteiger partial charge in [-0.15, -0.1) is 0 Å². The number of carbonyl (C=O) groups excluding carboxylic acids is 2. The number of hydrogen-bond donors (Lipinski definition) is 2. The SMILES string of the molecule is CN(C)c1ccc(NC(=O)C2CC2)cc1CN(CC1CCCO1)C(=O)NC(C)(C)C. The Kier molecular flexibility index (Phi) is 6.91. The lowest BCUT2D eigenvalue weighted by molar-refractivity contribution is -0.117. The zero-order valence-electron chi connectivity index (χ0n) is 19.0. The Morgan fingerprint density at radius 1 is 1.17 bits per heavy atom. The van der Waals surface area contributed by atoms with Crippen LogP contribution in [0.5, 0.6) is 0 Å². The first-order valence-corrected chi connectivity index (χ1v) is 10.9. The standard InChI is InChI=1S/C23H36N4O3/c1-23(2,3)25-22(29)27(15-19-7-6-12-30-19)14-17-13-18(10-11-20(17)26(4)5)24-21(28)16-8-9-16/h10-11,13,16,19H,6-9,12,14-15H2,1-5H3,(H,24,28)(H,25,29). The number of carbonyl (C=O) groups is 2. The zero-order chi connectivity index (χ0) is 21.9. The van der Waals surface area contributed by atoms with Gasteiger partial charge >= 0.3 is 6.03 Å². The van der Waals surface area contributed by atoms with Gasteiger partial charge in [-0.25, -0.2) is 4.79 Å². The van der Waals surface area contributed by atoms with Crippen LogP contribution >= 0.6 is 0 Å².